The molecule has 0 spiro atoms. The molecule has 1 amide bonds. The van der Waals surface area contributed by atoms with Gasteiger partial charge in [0.15, 0.2) is 0 Å². The molecular weight excluding hydrogens is 324 g/mol. The highest BCUT2D eigenvalue weighted by Crippen LogP contribution is 2.21. The fourth-order valence-corrected chi connectivity index (χ4v) is 4.22. The fourth-order valence-electron chi connectivity index (χ4n) is 3.38. The van der Waals surface area contributed by atoms with Crippen LogP contribution in [0.25, 0.3) is 0 Å². The zero-order valence-corrected chi connectivity index (χ0v) is 15.5. The van der Waals surface area contributed by atoms with Crippen molar-refractivity contribution in [1.82, 2.24) is 20.1 Å². The van der Waals surface area contributed by atoms with Gasteiger partial charge in [0.2, 0.25) is 5.91 Å². The number of hydrogen-bond donors (Lipinski definition) is 1. The minimum Gasteiger partial charge on any atom is -0.375 e. The molecule has 2 atom stereocenters. The Morgan fingerprint density at radius 3 is 3.04 bits per heavy atom. The summed E-state index contributed by atoms with van der Waals surface area (Å²) in [5.41, 5.74) is 1.11. The lowest BCUT2D eigenvalue weighted by Gasteiger charge is -2.24. The van der Waals surface area contributed by atoms with Gasteiger partial charge in [-0.25, -0.2) is 4.98 Å². The maximum atomic E-state index is 12.5. The van der Waals surface area contributed by atoms with Gasteiger partial charge in [-0.15, -0.1) is 11.3 Å². The second-order valence-corrected chi connectivity index (χ2v) is 7.55. The van der Waals surface area contributed by atoms with E-state index in [9.17, 15) is 4.79 Å². The van der Waals surface area contributed by atoms with Gasteiger partial charge in [0.05, 0.1) is 11.7 Å². The summed E-state index contributed by atoms with van der Waals surface area (Å²) >= 11 is 1.66. The number of hydrogen-bond acceptors (Lipinski definition) is 6. The van der Waals surface area contributed by atoms with Gasteiger partial charge in [-0.2, -0.15) is 0 Å². The second kappa shape index (κ2) is 8.38. The molecule has 0 radical (unpaired) electrons. The number of rotatable bonds is 5. The SMILES string of the molecule is COC(C)c1nc(CN2CCCN(C(=O)C3CCCN3)CC2)cs1. The molecule has 3 heterocycles. The first-order valence-corrected chi connectivity index (χ1v) is 9.77. The molecule has 7 heteroatoms. The van der Waals surface area contributed by atoms with Crippen LogP contribution in [0.3, 0.4) is 0 Å². The largest absolute Gasteiger partial charge is 0.375 e. The standard InChI is InChI=1S/C17H28N4O2S/c1-13(23-2)16-19-14(12-24-16)11-20-7-4-8-21(10-9-20)17(22)15-5-3-6-18-15/h12-13,15,18H,3-11H2,1-2H3. The van der Waals surface area contributed by atoms with E-state index in [0.717, 1.165) is 69.2 Å². The van der Waals surface area contributed by atoms with E-state index in [4.69, 9.17) is 4.74 Å². The van der Waals surface area contributed by atoms with Crippen molar-refractivity contribution in [2.24, 2.45) is 0 Å². The van der Waals surface area contributed by atoms with Crippen LogP contribution in [0.4, 0.5) is 0 Å². The molecule has 0 saturated carbocycles. The molecule has 24 heavy (non-hydrogen) atoms. The quantitative estimate of drug-likeness (QED) is 0.873. The van der Waals surface area contributed by atoms with Gasteiger partial charge in [0, 0.05) is 45.2 Å². The third kappa shape index (κ3) is 4.33. The lowest BCUT2D eigenvalue weighted by atomic mass is 10.2. The summed E-state index contributed by atoms with van der Waals surface area (Å²) in [4.78, 5) is 21.7. The normalized spacial score (nSPS) is 24.1. The van der Waals surface area contributed by atoms with Gasteiger partial charge in [-0.1, -0.05) is 0 Å². The summed E-state index contributed by atoms with van der Waals surface area (Å²) in [6, 6.07) is 0.0492. The molecular formula is C17H28N4O2S. The zero-order chi connectivity index (χ0) is 16.9. The topological polar surface area (TPSA) is 57.7 Å². The Hall–Kier alpha value is -1.02. The van der Waals surface area contributed by atoms with Crippen molar-refractivity contribution in [3.05, 3.63) is 16.1 Å². The zero-order valence-electron chi connectivity index (χ0n) is 14.7. The molecule has 1 N–H and O–H groups in total. The molecule has 1 aromatic heterocycles. The first-order valence-electron chi connectivity index (χ1n) is 8.89. The van der Waals surface area contributed by atoms with Crippen LogP contribution in [0, 0.1) is 0 Å². The van der Waals surface area contributed by atoms with Crippen LogP contribution >= 0.6 is 11.3 Å². The van der Waals surface area contributed by atoms with Crippen molar-refractivity contribution in [3.63, 3.8) is 0 Å². The average Bonchev–Trinajstić information content (AvgIpc) is 3.23. The number of nitrogens with zero attached hydrogens (tertiary/aromatic N) is 3. The molecule has 2 fully saturated rings. The number of ether oxygens (including phenoxy) is 1. The van der Waals surface area contributed by atoms with Crippen molar-refractivity contribution >= 4 is 17.2 Å². The van der Waals surface area contributed by atoms with Crippen LogP contribution in [0.5, 0.6) is 0 Å². The van der Waals surface area contributed by atoms with Crippen LogP contribution in [0.2, 0.25) is 0 Å². The predicted molar refractivity (Wildman–Crippen MR) is 95.0 cm³/mol. The van der Waals surface area contributed by atoms with Crippen LogP contribution in [0.1, 0.15) is 43.0 Å². The average molecular weight is 353 g/mol. The van der Waals surface area contributed by atoms with Gasteiger partial charge < -0.3 is 15.0 Å². The molecule has 134 valence electrons. The summed E-state index contributed by atoms with van der Waals surface area (Å²) in [5.74, 6) is 0.291. The van der Waals surface area contributed by atoms with Crippen molar-refractivity contribution in [2.75, 3.05) is 39.8 Å². The van der Waals surface area contributed by atoms with E-state index < -0.39 is 0 Å². The van der Waals surface area contributed by atoms with Crippen molar-refractivity contribution in [2.45, 2.75) is 44.9 Å². The Morgan fingerprint density at radius 2 is 2.29 bits per heavy atom. The van der Waals surface area contributed by atoms with E-state index in [-0.39, 0.29) is 12.1 Å². The van der Waals surface area contributed by atoms with E-state index in [2.05, 4.69) is 20.6 Å². The van der Waals surface area contributed by atoms with Crippen molar-refractivity contribution < 1.29 is 9.53 Å². The molecule has 0 aromatic carbocycles. The molecule has 0 aliphatic carbocycles. The van der Waals surface area contributed by atoms with Gasteiger partial charge in [0.1, 0.15) is 11.1 Å². The highest BCUT2D eigenvalue weighted by molar-refractivity contribution is 7.09. The van der Waals surface area contributed by atoms with Crippen LogP contribution < -0.4 is 5.32 Å². The number of carbonyl (C=O) groups is 1. The van der Waals surface area contributed by atoms with Crippen LogP contribution in [0.15, 0.2) is 5.38 Å². The maximum Gasteiger partial charge on any atom is 0.239 e. The monoisotopic (exact) mass is 352 g/mol. The summed E-state index contributed by atoms with van der Waals surface area (Å²) in [6.45, 7) is 7.49. The van der Waals surface area contributed by atoms with Crippen molar-refractivity contribution in [1.29, 1.82) is 0 Å². The van der Waals surface area contributed by atoms with E-state index >= 15 is 0 Å². The third-order valence-electron chi connectivity index (χ3n) is 4.92. The van der Waals surface area contributed by atoms with E-state index in [1.165, 1.54) is 0 Å². The Morgan fingerprint density at radius 1 is 1.42 bits per heavy atom. The van der Waals surface area contributed by atoms with E-state index in [1.807, 2.05) is 11.8 Å². The summed E-state index contributed by atoms with van der Waals surface area (Å²) < 4.78 is 5.33. The number of nitrogens with one attached hydrogen (secondary N) is 1. The summed E-state index contributed by atoms with van der Waals surface area (Å²) in [5, 5.41) is 6.48. The molecule has 6 nitrogen and oxygen atoms in total. The smallest absolute Gasteiger partial charge is 0.239 e. The molecule has 1 aromatic rings. The molecule has 0 bridgehead atoms. The van der Waals surface area contributed by atoms with Gasteiger partial charge in [0.25, 0.3) is 0 Å². The summed E-state index contributed by atoms with van der Waals surface area (Å²) in [7, 11) is 1.71. The van der Waals surface area contributed by atoms with Crippen molar-refractivity contribution in [3.8, 4) is 0 Å². The Bertz CT molecular complexity index is 544. The number of amides is 1. The molecule has 3 rings (SSSR count). The number of aromatic nitrogens is 1. The number of methoxy groups -OCH3 is 1. The Labute approximate surface area is 148 Å². The summed E-state index contributed by atoms with van der Waals surface area (Å²) in [6.07, 6.45) is 3.19. The highest BCUT2D eigenvalue weighted by atomic mass is 32.1. The number of carbonyl (C=O) groups excluding carboxylic acids is 1. The molecule has 2 unspecified atom stereocenters. The molecule has 2 saturated heterocycles. The third-order valence-corrected chi connectivity index (χ3v) is 5.97. The molecule has 2 aliphatic rings. The highest BCUT2D eigenvalue weighted by Gasteiger charge is 2.28. The van der Waals surface area contributed by atoms with Crippen LogP contribution in [-0.2, 0) is 16.1 Å². The fraction of sp³-hybridized carbons (Fsp3) is 0.765. The minimum atomic E-state index is 0.0492. The Kier molecular flexibility index (Phi) is 6.21. The molecule has 2 aliphatic heterocycles. The van der Waals surface area contributed by atoms with E-state index in [1.54, 1.807) is 18.4 Å². The maximum absolute atomic E-state index is 12.5. The lowest BCUT2D eigenvalue weighted by Crippen LogP contribution is -2.45. The first-order chi connectivity index (χ1) is 11.7. The number of thiazole rings is 1. The van der Waals surface area contributed by atoms with Gasteiger partial charge in [-0.3, -0.25) is 9.69 Å². The lowest BCUT2D eigenvalue weighted by molar-refractivity contribution is -0.132. The predicted octanol–water partition coefficient (Wildman–Crippen LogP) is 1.64. The minimum absolute atomic E-state index is 0.0492. The van der Waals surface area contributed by atoms with E-state index in [0.29, 0.717) is 5.91 Å². The Balaban J connectivity index is 1.51. The van der Waals surface area contributed by atoms with Crippen LogP contribution in [-0.4, -0.2) is 66.6 Å². The van der Waals surface area contributed by atoms with Gasteiger partial charge in [-0.05, 0) is 32.7 Å². The van der Waals surface area contributed by atoms with Gasteiger partial charge >= 0.3 is 0 Å². The first kappa shape index (κ1) is 17.8. The second-order valence-electron chi connectivity index (χ2n) is 6.66.